The van der Waals surface area contributed by atoms with Crippen LogP contribution in [0.3, 0.4) is 0 Å². The van der Waals surface area contributed by atoms with E-state index in [2.05, 4.69) is 9.71 Å². The summed E-state index contributed by atoms with van der Waals surface area (Å²) in [7, 11) is -3.68. The standard InChI is InChI=1S/C12H17ClN2O4S/c13-11-5-10(7-14-12(11)17)20(18,19)15-6-8-1-3-9(16)4-2-8/h5,7-9,15-16H,1-4,6H2,(H,14,17). The molecule has 112 valence electrons. The normalized spacial score (nSPS) is 23.7. The van der Waals surface area contributed by atoms with Crippen LogP contribution in [-0.4, -0.2) is 31.2 Å². The van der Waals surface area contributed by atoms with Gasteiger partial charge in [-0.15, -0.1) is 0 Å². The van der Waals surface area contributed by atoms with E-state index in [1.165, 1.54) is 0 Å². The first kappa shape index (κ1) is 15.5. The van der Waals surface area contributed by atoms with Gasteiger partial charge in [0.1, 0.15) is 5.02 Å². The minimum atomic E-state index is -3.68. The molecule has 1 aromatic heterocycles. The number of sulfonamides is 1. The molecular weight excluding hydrogens is 304 g/mol. The van der Waals surface area contributed by atoms with Gasteiger partial charge in [0.05, 0.1) is 11.0 Å². The Labute approximate surface area is 122 Å². The van der Waals surface area contributed by atoms with E-state index in [1.54, 1.807) is 0 Å². The van der Waals surface area contributed by atoms with Gasteiger partial charge in [0.2, 0.25) is 10.0 Å². The maximum atomic E-state index is 12.1. The zero-order valence-electron chi connectivity index (χ0n) is 10.8. The number of hydrogen-bond donors (Lipinski definition) is 3. The molecular formula is C12H17ClN2O4S. The second kappa shape index (κ2) is 6.26. The van der Waals surface area contributed by atoms with Crippen LogP contribution in [0.4, 0.5) is 0 Å². The van der Waals surface area contributed by atoms with Crippen LogP contribution in [0.2, 0.25) is 5.02 Å². The number of aromatic nitrogens is 1. The van der Waals surface area contributed by atoms with Gasteiger partial charge in [-0.05, 0) is 37.7 Å². The van der Waals surface area contributed by atoms with Crippen LogP contribution in [0.15, 0.2) is 22.0 Å². The Hall–Kier alpha value is -0.890. The molecule has 0 bridgehead atoms. The van der Waals surface area contributed by atoms with Crippen LogP contribution in [-0.2, 0) is 10.0 Å². The van der Waals surface area contributed by atoms with Crippen molar-refractivity contribution >= 4 is 21.6 Å². The lowest BCUT2D eigenvalue weighted by molar-refractivity contribution is 0.109. The first-order chi connectivity index (χ1) is 9.38. The van der Waals surface area contributed by atoms with Crippen LogP contribution in [0, 0.1) is 5.92 Å². The highest BCUT2D eigenvalue weighted by Crippen LogP contribution is 2.24. The summed E-state index contributed by atoms with van der Waals surface area (Å²) in [5.74, 6) is 0.228. The molecule has 0 aliphatic heterocycles. The van der Waals surface area contributed by atoms with Gasteiger partial charge in [-0.3, -0.25) is 4.79 Å². The summed E-state index contributed by atoms with van der Waals surface area (Å²) in [5.41, 5.74) is -0.521. The summed E-state index contributed by atoms with van der Waals surface area (Å²) in [4.78, 5) is 13.3. The number of H-pyrrole nitrogens is 1. The molecule has 0 spiro atoms. The van der Waals surface area contributed by atoms with E-state index in [9.17, 15) is 18.3 Å². The Morgan fingerprint density at radius 1 is 1.35 bits per heavy atom. The molecule has 0 atom stereocenters. The van der Waals surface area contributed by atoms with Gasteiger partial charge in [0.25, 0.3) is 5.56 Å². The van der Waals surface area contributed by atoms with Gasteiger partial charge in [0, 0.05) is 12.7 Å². The van der Waals surface area contributed by atoms with Gasteiger partial charge in [-0.2, -0.15) is 0 Å². The van der Waals surface area contributed by atoms with Crippen molar-refractivity contribution < 1.29 is 13.5 Å². The lowest BCUT2D eigenvalue weighted by Gasteiger charge is -2.25. The molecule has 6 nitrogen and oxygen atoms in total. The van der Waals surface area contributed by atoms with Crippen LogP contribution in [0.5, 0.6) is 0 Å². The summed E-state index contributed by atoms with van der Waals surface area (Å²) >= 11 is 5.62. The highest BCUT2D eigenvalue weighted by molar-refractivity contribution is 7.89. The van der Waals surface area contributed by atoms with E-state index < -0.39 is 15.6 Å². The number of pyridine rings is 1. The molecule has 20 heavy (non-hydrogen) atoms. The summed E-state index contributed by atoms with van der Waals surface area (Å²) in [6.07, 6.45) is 3.88. The first-order valence-corrected chi connectivity index (χ1v) is 8.30. The molecule has 0 aromatic carbocycles. The quantitative estimate of drug-likeness (QED) is 0.766. The van der Waals surface area contributed by atoms with Crippen molar-refractivity contribution in [1.29, 1.82) is 0 Å². The fraction of sp³-hybridized carbons (Fsp3) is 0.583. The number of hydrogen-bond acceptors (Lipinski definition) is 4. The van der Waals surface area contributed by atoms with Crippen LogP contribution in [0.25, 0.3) is 0 Å². The highest BCUT2D eigenvalue weighted by Gasteiger charge is 2.22. The Balaban J connectivity index is 2.00. The monoisotopic (exact) mass is 320 g/mol. The number of aliphatic hydroxyl groups excluding tert-OH is 1. The van der Waals surface area contributed by atoms with E-state index in [4.69, 9.17) is 11.6 Å². The van der Waals surface area contributed by atoms with Gasteiger partial charge in [0.15, 0.2) is 0 Å². The molecule has 1 fully saturated rings. The van der Waals surface area contributed by atoms with E-state index in [-0.39, 0.29) is 21.9 Å². The van der Waals surface area contributed by atoms with Crippen LogP contribution in [0.1, 0.15) is 25.7 Å². The first-order valence-electron chi connectivity index (χ1n) is 6.44. The minimum Gasteiger partial charge on any atom is -0.393 e. The van der Waals surface area contributed by atoms with Crippen molar-refractivity contribution in [3.63, 3.8) is 0 Å². The summed E-state index contributed by atoms with van der Waals surface area (Å²) < 4.78 is 26.6. The van der Waals surface area contributed by atoms with Gasteiger partial charge in [-0.1, -0.05) is 11.6 Å². The third-order valence-corrected chi connectivity index (χ3v) is 5.20. The number of rotatable bonds is 4. The molecule has 8 heteroatoms. The molecule has 1 aliphatic carbocycles. The molecule has 2 rings (SSSR count). The fourth-order valence-electron chi connectivity index (χ4n) is 2.25. The lowest BCUT2D eigenvalue weighted by Crippen LogP contribution is -2.32. The fourth-order valence-corrected chi connectivity index (χ4v) is 3.60. The Morgan fingerprint density at radius 2 is 2.00 bits per heavy atom. The molecule has 3 N–H and O–H groups in total. The van der Waals surface area contributed by atoms with Crippen LogP contribution >= 0.6 is 11.6 Å². The molecule has 0 saturated heterocycles. The largest absolute Gasteiger partial charge is 0.393 e. The topological polar surface area (TPSA) is 99.3 Å². The number of aliphatic hydroxyl groups is 1. The Bertz CT molecular complexity index is 621. The predicted octanol–water partition coefficient (Wildman–Crippen LogP) is 0.858. The van der Waals surface area contributed by atoms with Gasteiger partial charge >= 0.3 is 0 Å². The number of aromatic amines is 1. The van der Waals surface area contributed by atoms with Crippen molar-refractivity contribution in [1.82, 2.24) is 9.71 Å². The number of nitrogens with one attached hydrogen (secondary N) is 2. The summed E-state index contributed by atoms with van der Waals surface area (Å²) in [6.45, 7) is 0.325. The molecule has 1 aliphatic rings. The van der Waals surface area contributed by atoms with Crippen molar-refractivity contribution in [2.24, 2.45) is 5.92 Å². The molecule has 1 saturated carbocycles. The molecule has 1 heterocycles. The van der Waals surface area contributed by atoms with E-state index >= 15 is 0 Å². The Morgan fingerprint density at radius 3 is 2.60 bits per heavy atom. The second-order valence-electron chi connectivity index (χ2n) is 5.04. The van der Waals surface area contributed by atoms with Gasteiger partial charge in [-0.25, -0.2) is 13.1 Å². The second-order valence-corrected chi connectivity index (χ2v) is 7.21. The van der Waals surface area contributed by atoms with Gasteiger partial charge < -0.3 is 10.1 Å². The SMILES string of the molecule is O=c1[nH]cc(S(=O)(=O)NCC2CCC(O)CC2)cc1Cl. The Kier molecular flexibility index (Phi) is 4.85. The van der Waals surface area contributed by atoms with Crippen molar-refractivity contribution in [3.05, 3.63) is 27.6 Å². The molecule has 1 aromatic rings. The molecule has 0 amide bonds. The molecule has 0 unspecified atom stereocenters. The highest BCUT2D eigenvalue weighted by atomic mass is 35.5. The van der Waals surface area contributed by atoms with Crippen molar-refractivity contribution in [2.75, 3.05) is 6.54 Å². The lowest BCUT2D eigenvalue weighted by atomic mass is 9.88. The molecule has 0 radical (unpaired) electrons. The van der Waals surface area contributed by atoms with E-state index in [0.29, 0.717) is 19.4 Å². The van der Waals surface area contributed by atoms with E-state index in [0.717, 1.165) is 25.1 Å². The smallest absolute Gasteiger partial charge is 0.266 e. The summed E-state index contributed by atoms with van der Waals surface area (Å²) in [5, 5.41) is 9.24. The van der Waals surface area contributed by atoms with E-state index in [1.807, 2.05) is 0 Å². The predicted molar refractivity (Wildman–Crippen MR) is 75.2 cm³/mol. The maximum absolute atomic E-state index is 12.1. The summed E-state index contributed by atoms with van der Waals surface area (Å²) in [6, 6.07) is 1.13. The van der Waals surface area contributed by atoms with Crippen molar-refractivity contribution in [3.8, 4) is 0 Å². The third-order valence-electron chi connectivity index (χ3n) is 3.52. The zero-order valence-corrected chi connectivity index (χ0v) is 12.4. The van der Waals surface area contributed by atoms with Crippen molar-refractivity contribution in [2.45, 2.75) is 36.7 Å². The zero-order chi connectivity index (χ0) is 14.8. The third kappa shape index (κ3) is 3.82. The maximum Gasteiger partial charge on any atom is 0.266 e. The average molecular weight is 321 g/mol. The minimum absolute atomic E-state index is 0.0575. The number of halogens is 1. The average Bonchev–Trinajstić information content (AvgIpc) is 2.41. The van der Waals surface area contributed by atoms with Crippen LogP contribution < -0.4 is 10.3 Å².